The van der Waals surface area contributed by atoms with Crippen LogP contribution in [0.3, 0.4) is 0 Å². The number of hydrogen-bond acceptors (Lipinski definition) is 7. The molecule has 1 aromatic heterocycles. The van der Waals surface area contributed by atoms with Crippen LogP contribution in [0.2, 0.25) is 0 Å². The van der Waals surface area contributed by atoms with Crippen LogP contribution in [0.4, 0.5) is 0 Å². The Hall–Kier alpha value is -3.66. The fourth-order valence-corrected chi connectivity index (χ4v) is 4.11. The molecule has 0 amide bonds. The summed E-state index contributed by atoms with van der Waals surface area (Å²) < 4.78 is 7.61. The SMILES string of the molecule is C[C@H](O)c1nccn1C(C#Cc1ccc(-c2ccc(O[C@@H]3CN(CC#N)C[C@H]3O)cc2)cc1)CO. The standard InChI is InChI=1S/C27H28N4O4/c1-19(33)27-29-13-15-31(27)23(18-32)9-4-20-2-5-21(6-3-20)22-7-10-24(11-8-22)35-26-17-30(14-12-28)16-25(26)34/h2-3,5-8,10-11,13,15,19,23,25-26,32-34H,14,16-18H2,1H3/t19-,23?,25+,26+/m0/s1. The largest absolute Gasteiger partial charge is 0.486 e. The molecule has 0 aliphatic carbocycles. The van der Waals surface area contributed by atoms with Gasteiger partial charge in [-0.05, 0) is 42.3 Å². The van der Waals surface area contributed by atoms with Crippen molar-refractivity contribution in [3.05, 3.63) is 72.3 Å². The zero-order chi connectivity index (χ0) is 24.8. The van der Waals surface area contributed by atoms with Crippen LogP contribution >= 0.6 is 0 Å². The summed E-state index contributed by atoms with van der Waals surface area (Å²) in [6.45, 7) is 2.68. The average molecular weight is 473 g/mol. The minimum atomic E-state index is -0.751. The second-order valence-corrected chi connectivity index (χ2v) is 8.51. The van der Waals surface area contributed by atoms with Crippen LogP contribution in [0, 0.1) is 23.2 Å². The third-order valence-electron chi connectivity index (χ3n) is 5.93. The van der Waals surface area contributed by atoms with E-state index in [2.05, 4.69) is 22.9 Å². The van der Waals surface area contributed by atoms with E-state index in [0.717, 1.165) is 16.7 Å². The number of hydrogen-bond donors (Lipinski definition) is 3. The van der Waals surface area contributed by atoms with Gasteiger partial charge in [-0.1, -0.05) is 36.1 Å². The summed E-state index contributed by atoms with van der Waals surface area (Å²) in [5.74, 6) is 7.27. The number of likely N-dealkylation sites (tertiary alicyclic amines) is 1. The molecule has 2 aromatic carbocycles. The lowest BCUT2D eigenvalue weighted by Crippen LogP contribution is -2.29. The van der Waals surface area contributed by atoms with Crippen LogP contribution in [0.5, 0.6) is 5.75 Å². The van der Waals surface area contributed by atoms with E-state index in [0.29, 0.717) is 24.7 Å². The minimum absolute atomic E-state index is 0.191. The van der Waals surface area contributed by atoms with E-state index in [-0.39, 0.29) is 19.3 Å². The van der Waals surface area contributed by atoms with E-state index in [1.807, 2.05) is 53.4 Å². The first-order valence-electron chi connectivity index (χ1n) is 11.5. The van der Waals surface area contributed by atoms with Gasteiger partial charge in [0, 0.05) is 31.0 Å². The molecule has 1 fully saturated rings. The van der Waals surface area contributed by atoms with Gasteiger partial charge >= 0.3 is 0 Å². The molecule has 1 aliphatic heterocycles. The number of aliphatic hydroxyl groups excluding tert-OH is 3. The Labute approximate surface area is 204 Å². The van der Waals surface area contributed by atoms with Crippen molar-refractivity contribution >= 4 is 0 Å². The highest BCUT2D eigenvalue weighted by molar-refractivity contribution is 5.65. The van der Waals surface area contributed by atoms with Gasteiger partial charge in [0.05, 0.1) is 19.2 Å². The Kier molecular flexibility index (Phi) is 7.81. The highest BCUT2D eigenvalue weighted by Crippen LogP contribution is 2.25. The molecule has 0 bridgehead atoms. The van der Waals surface area contributed by atoms with Crippen molar-refractivity contribution in [2.75, 3.05) is 26.2 Å². The maximum absolute atomic E-state index is 10.2. The molecule has 180 valence electrons. The van der Waals surface area contributed by atoms with Crippen LogP contribution in [-0.2, 0) is 0 Å². The third-order valence-corrected chi connectivity index (χ3v) is 5.93. The fraction of sp³-hybridized carbons (Fsp3) is 0.333. The fourth-order valence-electron chi connectivity index (χ4n) is 4.11. The lowest BCUT2D eigenvalue weighted by molar-refractivity contribution is 0.0737. The second-order valence-electron chi connectivity index (χ2n) is 8.51. The number of aromatic nitrogens is 2. The molecule has 1 aliphatic rings. The summed E-state index contributed by atoms with van der Waals surface area (Å²) in [6, 6.07) is 17.1. The van der Waals surface area contributed by atoms with Crippen LogP contribution < -0.4 is 4.74 Å². The Morgan fingerprint density at radius 3 is 2.43 bits per heavy atom. The summed E-state index contributed by atoms with van der Waals surface area (Å²) in [6.07, 6.45) is 1.56. The summed E-state index contributed by atoms with van der Waals surface area (Å²) in [4.78, 5) is 6.01. The molecule has 35 heavy (non-hydrogen) atoms. The van der Waals surface area contributed by atoms with E-state index in [4.69, 9.17) is 10.00 Å². The highest BCUT2D eigenvalue weighted by Gasteiger charge is 2.32. The van der Waals surface area contributed by atoms with Crippen LogP contribution in [0.1, 0.15) is 30.5 Å². The zero-order valence-corrected chi connectivity index (χ0v) is 19.5. The topological polar surface area (TPSA) is 115 Å². The van der Waals surface area contributed by atoms with E-state index < -0.39 is 18.2 Å². The molecule has 8 heteroatoms. The van der Waals surface area contributed by atoms with Gasteiger partial charge in [-0.15, -0.1) is 0 Å². The molecule has 8 nitrogen and oxygen atoms in total. The van der Waals surface area contributed by atoms with Gasteiger partial charge in [0.2, 0.25) is 0 Å². The number of aliphatic hydroxyl groups is 3. The summed E-state index contributed by atoms with van der Waals surface area (Å²) >= 11 is 0. The van der Waals surface area contributed by atoms with Gasteiger partial charge in [0.1, 0.15) is 35.9 Å². The maximum atomic E-state index is 10.2. The lowest BCUT2D eigenvalue weighted by Gasteiger charge is -2.16. The maximum Gasteiger partial charge on any atom is 0.138 e. The zero-order valence-electron chi connectivity index (χ0n) is 19.5. The van der Waals surface area contributed by atoms with Gasteiger partial charge in [0.25, 0.3) is 0 Å². The Balaban J connectivity index is 1.40. The van der Waals surface area contributed by atoms with Crippen LogP contribution in [0.25, 0.3) is 11.1 Å². The van der Waals surface area contributed by atoms with Gasteiger partial charge in [0.15, 0.2) is 0 Å². The quantitative estimate of drug-likeness (QED) is 0.357. The molecular weight excluding hydrogens is 444 g/mol. The number of β-amino-alcohol motifs (C(OH)–C–C–N with tert-alkyl or cyclic N) is 1. The van der Waals surface area contributed by atoms with E-state index >= 15 is 0 Å². The van der Waals surface area contributed by atoms with Crippen molar-refractivity contribution in [1.82, 2.24) is 14.5 Å². The first kappa shape index (κ1) is 24.5. The summed E-state index contributed by atoms with van der Waals surface area (Å²) in [7, 11) is 0. The molecule has 0 spiro atoms. The Bertz CT molecular complexity index is 1220. The molecule has 0 radical (unpaired) electrons. The molecule has 1 saturated heterocycles. The molecule has 2 heterocycles. The minimum Gasteiger partial charge on any atom is -0.486 e. The summed E-state index contributed by atoms with van der Waals surface area (Å²) in [5, 5.41) is 38.6. The number of imidazole rings is 1. The number of nitriles is 1. The van der Waals surface area contributed by atoms with E-state index in [9.17, 15) is 15.3 Å². The average Bonchev–Trinajstić information content (AvgIpc) is 3.48. The molecule has 3 aromatic rings. The molecule has 4 atom stereocenters. The van der Waals surface area contributed by atoms with Crippen molar-refractivity contribution in [3.8, 4) is 34.8 Å². The lowest BCUT2D eigenvalue weighted by atomic mass is 10.0. The number of rotatable bonds is 7. The van der Waals surface area contributed by atoms with Gasteiger partial charge < -0.3 is 24.6 Å². The first-order chi connectivity index (χ1) is 17.0. The number of ether oxygens (including phenoxy) is 1. The monoisotopic (exact) mass is 472 g/mol. The van der Waals surface area contributed by atoms with Crippen LogP contribution in [0.15, 0.2) is 60.9 Å². The molecule has 3 N–H and O–H groups in total. The number of benzene rings is 2. The highest BCUT2D eigenvalue weighted by atomic mass is 16.5. The second kappa shape index (κ2) is 11.2. The van der Waals surface area contributed by atoms with Gasteiger partial charge in [-0.25, -0.2) is 4.98 Å². The van der Waals surface area contributed by atoms with Crippen molar-refractivity contribution in [1.29, 1.82) is 5.26 Å². The molecule has 1 unspecified atom stereocenters. The van der Waals surface area contributed by atoms with E-state index in [1.54, 1.807) is 23.9 Å². The Morgan fingerprint density at radius 2 is 1.80 bits per heavy atom. The normalized spacial score (nSPS) is 19.4. The number of nitrogens with zero attached hydrogens (tertiary/aromatic N) is 4. The Morgan fingerprint density at radius 1 is 1.11 bits per heavy atom. The predicted octanol–water partition coefficient (Wildman–Crippen LogP) is 2.14. The third kappa shape index (κ3) is 5.89. The van der Waals surface area contributed by atoms with Gasteiger partial charge in [-0.2, -0.15) is 5.26 Å². The van der Waals surface area contributed by atoms with Crippen molar-refractivity contribution in [2.24, 2.45) is 0 Å². The first-order valence-corrected chi connectivity index (χ1v) is 11.5. The van der Waals surface area contributed by atoms with Crippen molar-refractivity contribution in [3.63, 3.8) is 0 Å². The smallest absolute Gasteiger partial charge is 0.138 e. The van der Waals surface area contributed by atoms with Gasteiger partial charge in [-0.3, -0.25) is 4.90 Å². The van der Waals surface area contributed by atoms with E-state index in [1.165, 1.54) is 0 Å². The molecule has 4 rings (SSSR count). The molecule has 0 saturated carbocycles. The molecular formula is C27H28N4O4. The summed E-state index contributed by atoms with van der Waals surface area (Å²) in [5.41, 5.74) is 2.85. The van der Waals surface area contributed by atoms with Crippen molar-refractivity contribution < 1.29 is 20.1 Å². The predicted molar refractivity (Wildman–Crippen MR) is 130 cm³/mol. The van der Waals surface area contributed by atoms with Crippen molar-refractivity contribution in [2.45, 2.75) is 31.3 Å². The van der Waals surface area contributed by atoms with Crippen LogP contribution in [-0.4, -0.2) is 68.2 Å².